The SMILES string of the molecule is NC(Cc1ccccc1)C1OC1CCO. The minimum absolute atomic E-state index is 0.0453. The number of aliphatic hydroxyl groups excluding tert-OH is 1. The molecule has 1 fully saturated rings. The van der Waals surface area contributed by atoms with E-state index >= 15 is 0 Å². The third kappa shape index (κ3) is 2.78. The number of aliphatic hydroxyl groups is 1. The zero-order valence-corrected chi connectivity index (χ0v) is 8.67. The first-order valence-corrected chi connectivity index (χ1v) is 5.37. The highest BCUT2D eigenvalue weighted by Gasteiger charge is 2.42. The second kappa shape index (κ2) is 4.75. The molecule has 3 atom stereocenters. The predicted octanol–water partition coefficient (Wildman–Crippen LogP) is 0.706. The van der Waals surface area contributed by atoms with Gasteiger partial charge in [0.25, 0.3) is 0 Å². The zero-order valence-electron chi connectivity index (χ0n) is 8.67. The van der Waals surface area contributed by atoms with E-state index in [4.69, 9.17) is 15.6 Å². The highest BCUT2D eigenvalue weighted by atomic mass is 16.6. The molecule has 0 amide bonds. The van der Waals surface area contributed by atoms with Gasteiger partial charge in [-0.1, -0.05) is 30.3 Å². The topological polar surface area (TPSA) is 58.8 Å². The summed E-state index contributed by atoms with van der Waals surface area (Å²) in [5, 5.41) is 8.75. The molecule has 1 aliphatic heterocycles. The van der Waals surface area contributed by atoms with Crippen LogP contribution >= 0.6 is 0 Å². The molecule has 0 radical (unpaired) electrons. The number of hydrogen-bond donors (Lipinski definition) is 2. The van der Waals surface area contributed by atoms with Gasteiger partial charge in [-0.15, -0.1) is 0 Å². The molecule has 0 spiro atoms. The Morgan fingerprint density at radius 1 is 1.33 bits per heavy atom. The van der Waals surface area contributed by atoms with Crippen molar-refractivity contribution in [3.63, 3.8) is 0 Å². The summed E-state index contributed by atoms with van der Waals surface area (Å²) in [4.78, 5) is 0. The number of benzene rings is 1. The molecular weight excluding hydrogens is 190 g/mol. The normalized spacial score (nSPS) is 26.3. The van der Waals surface area contributed by atoms with Crippen LogP contribution < -0.4 is 5.73 Å². The molecule has 3 heteroatoms. The van der Waals surface area contributed by atoms with Crippen LogP contribution in [0.25, 0.3) is 0 Å². The van der Waals surface area contributed by atoms with Gasteiger partial charge in [-0.3, -0.25) is 0 Å². The van der Waals surface area contributed by atoms with Crippen molar-refractivity contribution in [1.29, 1.82) is 0 Å². The summed E-state index contributed by atoms with van der Waals surface area (Å²) >= 11 is 0. The molecule has 82 valence electrons. The molecule has 15 heavy (non-hydrogen) atoms. The summed E-state index contributed by atoms with van der Waals surface area (Å²) < 4.78 is 5.41. The van der Waals surface area contributed by atoms with E-state index in [1.807, 2.05) is 18.2 Å². The number of rotatable bonds is 5. The van der Waals surface area contributed by atoms with Crippen molar-refractivity contribution >= 4 is 0 Å². The summed E-state index contributed by atoms with van der Waals surface area (Å²) in [6.07, 6.45) is 1.85. The first kappa shape index (κ1) is 10.6. The fourth-order valence-electron chi connectivity index (χ4n) is 1.90. The van der Waals surface area contributed by atoms with Gasteiger partial charge in [0.1, 0.15) is 0 Å². The van der Waals surface area contributed by atoms with E-state index in [0.717, 1.165) is 6.42 Å². The minimum Gasteiger partial charge on any atom is -0.396 e. The molecule has 0 aromatic heterocycles. The van der Waals surface area contributed by atoms with Crippen molar-refractivity contribution in [2.45, 2.75) is 31.1 Å². The van der Waals surface area contributed by atoms with Gasteiger partial charge in [-0.2, -0.15) is 0 Å². The molecule has 1 aromatic rings. The van der Waals surface area contributed by atoms with Gasteiger partial charge < -0.3 is 15.6 Å². The van der Waals surface area contributed by atoms with Gasteiger partial charge in [0.15, 0.2) is 0 Å². The van der Waals surface area contributed by atoms with Crippen molar-refractivity contribution in [1.82, 2.24) is 0 Å². The van der Waals surface area contributed by atoms with Crippen LogP contribution in [0.3, 0.4) is 0 Å². The number of ether oxygens (including phenoxy) is 1. The summed E-state index contributed by atoms with van der Waals surface area (Å²) in [6, 6.07) is 10.2. The van der Waals surface area contributed by atoms with Crippen LogP contribution in [-0.2, 0) is 11.2 Å². The maximum absolute atomic E-state index is 8.75. The quantitative estimate of drug-likeness (QED) is 0.699. The van der Waals surface area contributed by atoms with E-state index in [0.29, 0.717) is 6.42 Å². The average molecular weight is 207 g/mol. The Morgan fingerprint density at radius 3 is 2.73 bits per heavy atom. The Kier molecular flexibility index (Phi) is 3.36. The van der Waals surface area contributed by atoms with Crippen LogP contribution in [0, 0.1) is 0 Å². The van der Waals surface area contributed by atoms with Crippen molar-refractivity contribution in [3.05, 3.63) is 35.9 Å². The van der Waals surface area contributed by atoms with Gasteiger partial charge >= 0.3 is 0 Å². The molecule has 0 aliphatic carbocycles. The van der Waals surface area contributed by atoms with E-state index in [-0.39, 0.29) is 24.9 Å². The summed E-state index contributed by atoms with van der Waals surface area (Å²) in [6.45, 7) is 0.180. The van der Waals surface area contributed by atoms with Crippen molar-refractivity contribution < 1.29 is 9.84 Å². The Labute approximate surface area is 89.9 Å². The maximum atomic E-state index is 8.75. The molecule has 2 rings (SSSR count). The number of epoxide rings is 1. The van der Waals surface area contributed by atoms with E-state index in [2.05, 4.69) is 12.1 Å². The fourth-order valence-corrected chi connectivity index (χ4v) is 1.90. The Hall–Kier alpha value is -0.900. The van der Waals surface area contributed by atoms with Crippen molar-refractivity contribution in [2.75, 3.05) is 6.61 Å². The molecule has 1 aliphatic rings. The summed E-state index contributed by atoms with van der Waals surface area (Å²) in [5.41, 5.74) is 7.26. The van der Waals surface area contributed by atoms with Crippen LogP contribution in [0.2, 0.25) is 0 Å². The van der Waals surface area contributed by atoms with Gasteiger partial charge in [0.2, 0.25) is 0 Å². The number of hydrogen-bond acceptors (Lipinski definition) is 3. The lowest BCUT2D eigenvalue weighted by molar-refractivity contribution is 0.261. The van der Waals surface area contributed by atoms with Crippen LogP contribution in [0.15, 0.2) is 30.3 Å². The summed E-state index contributed by atoms with van der Waals surface area (Å²) in [7, 11) is 0. The number of nitrogens with two attached hydrogens (primary N) is 1. The van der Waals surface area contributed by atoms with Crippen LogP contribution in [0.1, 0.15) is 12.0 Å². The zero-order chi connectivity index (χ0) is 10.7. The lowest BCUT2D eigenvalue weighted by Crippen LogP contribution is -2.30. The molecule has 0 saturated carbocycles. The average Bonchev–Trinajstić information content (AvgIpc) is 2.99. The third-order valence-electron chi connectivity index (χ3n) is 2.77. The molecule has 1 saturated heterocycles. The molecule has 0 bridgehead atoms. The summed E-state index contributed by atoms with van der Waals surface area (Å²) in [5.74, 6) is 0. The van der Waals surface area contributed by atoms with Crippen LogP contribution in [0.5, 0.6) is 0 Å². The Balaban J connectivity index is 1.81. The Morgan fingerprint density at radius 2 is 2.07 bits per heavy atom. The molecule has 3 nitrogen and oxygen atoms in total. The van der Waals surface area contributed by atoms with Crippen molar-refractivity contribution in [3.8, 4) is 0 Å². The lowest BCUT2D eigenvalue weighted by Gasteiger charge is -2.08. The first-order valence-electron chi connectivity index (χ1n) is 5.37. The van der Waals surface area contributed by atoms with Gasteiger partial charge in [-0.25, -0.2) is 0 Å². The standard InChI is InChI=1S/C12H17NO2/c13-10(12-11(15-12)6-7-14)8-9-4-2-1-3-5-9/h1-5,10-12,14H,6-8,13H2. The Bertz CT molecular complexity index is 302. The molecule has 3 unspecified atom stereocenters. The molecular formula is C12H17NO2. The molecule has 1 heterocycles. The molecule has 1 aromatic carbocycles. The second-order valence-electron chi connectivity index (χ2n) is 4.01. The van der Waals surface area contributed by atoms with Gasteiger partial charge in [0, 0.05) is 12.6 Å². The van der Waals surface area contributed by atoms with Gasteiger partial charge in [0.05, 0.1) is 12.2 Å². The first-order chi connectivity index (χ1) is 7.31. The smallest absolute Gasteiger partial charge is 0.0996 e. The van der Waals surface area contributed by atoms with Crippen molar-refractivity contribution in [2.24, 2.45) is 5.73 Å². The van der Waals surface area contributed by atoms with Crippen LogP contribution in [-0.4, -0.2) is 30.0 Å². The van der Waals surface area contributed by atoms with E-state index in [1.165, 1.54) is 5.56 Å². The maximum Gasteiger partial charge on any atom is 0.0996 e. The largest absolute Gasteiger partial charge is 0.396 e. The minimum atomic E-state index is 0.0453. The van der Waals surface area contributed by atoms with E-state index in [1.54, 1.807) is 0 Å². The fraction of sp³-hybridized carbons (Fsp3) is 0.500. The van der Waals surface area contributed by atoms with E-state index < -0.39 is 0 Å². The molecule has 3 N–H and O–H groups in total. The lowest BCUT2D eigenvalue weighted by atomic mass is 10.0. The van der Waals surface area contributed by atoms with E-state index in [9.17, 15) is 0 Å². The highest BCUT2D eigenvalue weighted by molar-refractivity contribution is 5.17. The highest BCUT2D eigenvalue weighted by Crippen LogP contribution is 2.28. The monoisotopic (exact) mass is 207 g/mol. The third-order valence-corrected chi connectivity index (χ3v) is 2.77. The second-order valence-corrected chi connectivity index (χ2v) is 4.01. The predicted molar refractivity (Wildman–Crippen MR) is 58.5 cm³/mol. The van der Waals surface area contributed by atoms with Crippen LogP contribution in [0.4, 0.5) is 0 Å². The van der Waals surface area contributed by atoms with Gasteiger partial charge in [-0.05, 0) is 18.4 Å².